The zero-order chi connectivity index (χ0) is 12.3. The normalized spacial score (nSPS) is 29.5. The van der Waals surface area contributed by atoms with Crippen molar-refractivity contribution in [1.29, 1.82) is 0 Å². The average molecular weight is 235 g/mol. The molecule has 0 bridgehead atoms. The number of aromatic nitrogens is 2. The Bertz CT molecular complexity index is 345. The van der Waals surface area contributed by atoms with Gasteiger partial charge in [-0.1, -0.05) is 26.7 Å². The summed E-state index contributed by atoms with van der Waals surface area (Å²) in [6.45, 7) is 8.82. The summed E-state index contributed by atoms with van der Waals surface area (Å²) in [5, 5.41) is 8.03. The van der Waals surface area contributed by atoms with Crippen molar-refractivity contribution in [2.24, 2.45) is 11.8 Å². The highest BCUT2D eigenvalue weighted by Crippen LogP contribution is 2.29. The van der Waals surface area contributed by atoms with Crippen LogP contribution in [-0.4, -0.2) is 15.8 Å². The monoisotopic (exact) mass is 235 g/mol. The van der Waals surface area contributed by atoms with Crippen molar-refractivity contribution in [3.63, 3.8) is 0 Å². The van der Waals surface area contributed by atoms with Crippen molar-refractivity contribution in [3.05, 3.63) is 18.0 Å². The average Bonchev–Trinajstić information content (AvgIpc) is 2.78. The Morgan fingerprint density at radius 3 is 3.00 bits per heavy atom. The van der Waals surface area contributed by atoms with E-state index in [0.717, 1.165) is 24.9 Å². The number of nitrogens with zero attached hydrogens (tertiary/aromatic N) is 2. The van der Waals surface area contributed by atoms with Gasteiger partial charge in [0.2, 0.25) is 0 Å². The highest BCUT2D eigenvalue weighted by atomic mass is 15.3. The standard InChI is InChI=1S/C14H25N3/c1-4-17-13(8-9-16-17)10-15-14-7-5-6-11(2)12(14)3/h8-9,11-12,14-15H,4-7,10H2,1-3H3. The van der Waals surface area contributed by atoms with Crippen molar-refractivity contribution < 1.29 is 0 Å². The summed E-state index contributed by atoms with van der Waals surface area (Å²) in [6.07, 6.45) is 5.99. The van der Waals surface area contributed by atoms with E-state index in [4.69, 9.17) is 0 Å². The van der Waals surface area contributed by atoms with Gasteiger partial charge in [0.15, 0.2) is 0 Å². The zero-order valence-corrected chi connectivity index (χ0v) is 11.3. The Balaban J connectivity index is 1.89. The first kappa shape index (κ1) is 12.6. The molecule has 0 aromatic carbocycles. The molecule has 3 atom stereocenters. The molecule has 3 heteroatoms. The van der Waals surface area contributed by atoms with Gasteiger partial charge in [-0.15, -0.1) is 0 Å². The molecule has 1 saturated carbocycles. The van der Waals surface area contributed by atoms with Gasteiger partial charge in [-0.25, -0.2) is 0 Å². The van der Waals surface area contributed by atoms with Crippen molar-refractivity contribution in [2.75, 3.05) is 0 Å². The summed E-state index contributed by atoms with van der Waals surface area (Å²) in [5.74, 6) is 1.65. The Hall–Kier alpha value is -0.830. The fourth-order valence-electron chi connectivity index (χ4n) is 2.90. The maximum Gasteiger partial charge on any atom is 0.0522 e. The van der Waals surface area contributed by atoms with Gasteiger partial charge in [0.1, 0.15) is 0 Å². The molecule has 3 unspecified atom stereocenters. The van der Waals surface area contributed by atoms with Gasteiger partial charge < -0.3 is 5.32 Å². The third-order valence-corrected chi connectivity index (χ3v) is 4.36. The van der Waals surface area contributed by atoms with Gasteiger partial charge in [-0.05, 0) is 31.2 Å². The second-order valence-corrected chi connectivity index (χ2v) is 5.39. The van der Waals surface area contributed by atoms with E-state index in [-0.39, 0.29) is 0 Å². The van der Waals surface area contributed by atoms with E-state index in [1.54, 1.807) is 0 Å². The minimum atomic E-state index is 0.680. The predicted octanol–water partition coefficient (Wildman–Crippen LogP) is 2.82. The van der Waals surface area contributed by atoms with Crippen LogP contribution in [-0.2, 0) is 13.1 Å². The lowest BCUT2D eigenvalue weighted by Gasteiger charge is -2.34. The predicted molar refractivity (Wildman–Crippen MR) is 70.7 cm³/mol. The molecule has 17 heavy (non-hydrogen) atoms. The van der Waals surface area contributed by atoms with E-state index in [1.807, 2.05) is 6.20 Å². The van der Waals surface area contributed by atoms with Crippen molar-refractivity contribution in [2.45, 2.75) is 59.2 Å². The molecular weight excluding hydrogens is 210 g/mol. The molecular formula is C14H25N3. The molecule has 2 rings (SSSR count). The van der Waals surface area contributed by atoms with E-state index in [2.05, 4.69) is 41.9 Å². The Morgan fingerprint density at radius 1 is 1.41 bits per heavy atom. The van der Waals surface area contributed by atoms with Crippen LogP contribution in [0.25, 0.3) is 0 Å². The molecule has 0 saturated heterocycles. The largest absolute Gasteiger partial charge is 0.308 e. The quantitative estimate of drug-likeness (QED) is 0.869. The molecule has 1 aliphatic rings. The number of hydrogen-bond donors (Lipinski definition) is 1. The maximum atomic E-state index is 4.31. The number of nitrogens with one attached hydrogen (secondary N) is 1. The van der Waals surface area contributed by atoms with Gasteiger partial charge in [-0.3, -0.25) is 4.68 Å². The summed E-state index contributed by atoms with van der Waals surface area (Å²) >= 11 is 0. The molecule has 1 aromatic rings. The third-order valence-electron chi connectivity index (χ3n) is 4.36. The molecule has 0 aliphatic heterocycles. The van der Waals surface area contributed by atoms with Gasteiger partial charge in [0.05, 0.1) is 5.69 Å². The van der Waals surface area contributed by atoms with E-state index in [1.165, 1.54) is 25.0 Å². The fraction of sp³-hybridized carbons (Fsp3) is 0.786. The van der Waals surface area contributed by atoms with Crippen molar-refractivity contribution in [3.8, 4) is 0 Å². The second-order valence-electron chi connectivity index (χ2n) is 5.39. The first-order valence-corrected chi connectivity index (χ1v) is 6.96. The maximum absolute atomic E-state index is 4.31. The van der Waals surface area contributed by atoms with E-state index < -0.39 is 0 Å². The number of aryl methyl sites for hydroxylation is 1. The highest BCUT2D eigenvalue weighted by molar-refractivity contribution is 5.00. The van der Waals surface area contributed by atoms with Crippen LogP contribution < -0.4 is 5.32 Å². The number of hydrogen-bond acceptors (Lipinski definition) is 2. The van der Waals surface area contributed by atoms with Crippen molar-refractivity contribution >= 4 is 0 Å². The summed E-state index contributed by atoms with van der Waals surface area (Å²) in [6, 6.07) is 2.80. The first-order chi connectivity index (χ1) is 8.22. The second kappa shape index (κ2) is 5.67. The summed E-state index contributed by atoms with van der Waals surface area (Å²) in [5.41, 5.74) is 1.30. The lowest BCUT2D eigenvalue weighted by atomic mass is 9.78. The molecule has 3 nitrogen and oxygen atoms in total. The Morgan fingerprint density at radius 2 is 2.24 bits per heavy atom. The van der Waals surface area contributed by atoms with Gasteiger partial charge in [-0.2, -0.15) is 5.10 Å². The van der Waals surface area contributed by atoms with Crippen LogP contribution in [0.5, 0.6) is 0 Å². The fourth-order valence-corrected chi connectivity index (χ4v) is 2.90. The SMILES string of the molecule is CCn1nccc1CNC1CCCC(C)C1C. The first-order valence-electron chi connectivity index (χ1n) is 6.96. The molecule has 0 spiro atoms. The molecule has 1 fully saturated rings. The van der Waals surface area contributed by atoms with Crippen LogP contribution in [0.4, 0.5) is 0 Å². The van der Waals surface area contributed by atoms with E-state index in [9.17, 15) is 0 Å². The molecule has 1 N–H and O–H groups in total. The van der Waals surface area contributed by atoms with Crippen molar-refractivity contribution in [1.82, 2.24) is 15.1 Å². The molecule has 96 valence electrons. The Labute approximate surface area is 105 Å². The van der Waals surface area contributed by atoms with Gasteiger partial charge in [0, 0.05) is 25.3 Å². The topological polar surface area (TPSA) is 29.9 Å². The minimum absolute atomic E-state index is 0.680. The summed E-state index contributed by atoms with van der Waals surface area (Å²) in [4.78, 5) is 0. The lowest BCUT2D eigenvalue weighted by Crippen LogP contribution is -2.40. The van der Waals surface area contributed by atoms with Crippen LogP contribution in [0.15, 0.2) is 12.3 Å². The van der Waals surface area contributed by atoms with Gasteiger partial charge >= 0.3 is 0 Å². The number of rotatable bonds is 4. The molecule has 1 heterocycles. The molecule has 0 radical (unpaired) electrons. The van der Waals surface area contributed by atoms with Crippen LogP contribution in [0.2, 0.25) is 0 Å². The molecule has 1 aliphatic carbocycles. The Kier molecular flexibility index (Phi) is 4.21. The smallest absolute Gasteiger partial charge is 0.0522 e. The summed E-state index contributed by atoms with van der Waals surface area (Å²) in [7, 11) is 0. The minimum Gasteiger partial charge on any atom is -0.308 e. The lowest BCUT2D eigenvalue weighted by molar-refractivity contribution is 0.205. The molecule has 0 amide bonds. The van der Waals surface area contributed by atoms with Crippen LogP contribution in [0.1, 0.15) is 45.7 Å². The van der Waals surface area contributed by atoms with Crippen LogP contribution in [0.3, 0.4) is 0 Å². The van der Waals surface area contributed by atoms with Gasteiger partial charge in [0.25, 0.3) is 0 Å². The van der Waals surface area contributed by atoms with E-state index in [0.29, 0.717) is 6.04 Å². The highest BCUT2D eigenvalue weighted by Gasteiger charge is 2.26. The van der Waals surface area contributed by atoms with E-state index >= 15 is 0 Å². The van der Waals surface area contributed by atoms with Crippen LogP contribution >= 0.6 is 0 Å². The van der Waals surface area contributed by atoms with Crippen LogP contribution in [0, 0.1) is 11.8 Å². The summed E-state index contributed by atoms with van der Waals surface area (Å²) < 4.78 is 2.07. The third kappa shape index (κ3) is 2.89. The molecule has 1 aromatic heterocycles. The zero-order valence-electron chi connectivity index (χ0n) is 11.3.